The van der Waals surface area contributed by atoms with Crippen LogP contribution in [-0.4, -0.2) is 53.0 Å². The molecule has 1 aromatic carbocycles. The van der Waals surface area contributed by atoms with E-state index in [0.29, 0.717) is 13.0 Å². The summed E-state index contributed by atoms with van der Waals surface area (Å²) < 4.78 is 5.95. The van der Waals surface area contributed by atoms with Crippen LogP contribution in [0, 0.1) is 0 Å². The maximum atomic E-state index is 13.1. The van der Waals surface area contributed by atoms with E-state index in [1.54, 1.807) is 4.90 Å². The Balaban J connectivity index is 1.45. The standard InChI is InChI=1S/C20H26N2O3/c1-2-17(22-14-15-6-3-4-7-16(15)18(22)23)19(24)21-11-9-20(10-12-21)8-5-13-25-20/h3-4,6-7,17H,2,5,8-14H2,1H3. The first-order valence-corrected chi connectivity index (χ1v) is 9.45. The van der Waals surface area contributed by atoms with E-state index in [0.717, 1.165) is 56.5 Å². The van der Waals surface area contributed by atoms with Crippen LogP contribution in [0.25, 0.3) is 0 Å². The highest BCUT2D eigenvalue weighted by molar-refractivity contribution is 6.01. The number of likely N-dealkylation sites (tertiary alicyclic amines) is 1. The van der Waals surface area contributed by atoms with Crippen molar-refractivity contribution in [2.45, 2.75) is 57.2 Å². The Kier molecular flexibility index (Phi) is 4.28. The Bertz CT molecular complexity index is 671. The lowest BCUT2D eigenvalue weighted by Gasteiger charge is -2.40. The molecule has 0 aromatic heterocycles. The van der Waals surface area contributed by atoms with Gasteiger partial charge in [-0.3, -0.25) is 9.59 Å². The van der Waals surface area contributed by atoms with Crippen LogP contribution in [0.1, 0.15) is 54.9 Å². The fourth-order valence-corrected chi connectivity index (χ4v) is 4.55. The zero-order valence-electron chi connectivity index (χ0n) is 14.9. The number of ether oxygens (including phenoxy) is 1. The van der Waals surface area contributed by atoms with Crippen molar-refractivity contribution < 1.29 is 14.3 Å². The number of piperidine rings is 1. The van der Waals surface area contributed by atoms with Crippen molar-refractivity contribution in [2.75, 3.05) is 19.7 Å². The van der Waals surface area contributed by atoms with Crippen molar-refractivity contribution in [1.29, 1.82) is 0 Å². The van der Waals surface area contributed by atoms with Crippen molar-refractivity contribution in [3.8, 4) is 0 Å². The molecule has 3 aliphatic heterocycles. The Morgan fingerprint density at radius 3 is 2.64 bits per heavy atom. The Morgan fingerprint density at radius 1 is 1.24 bits per heavy atom. The molecule has 3 aliphatic rings. The van der Waals surface area contributed by atoms with Crippen LogP contribution in [0.3, 0.4) is 0 Å². The van der Waals surface area contributed by atoms with E-state index in [2.05, 4.69) is 0 Å². The van der Waals surface area contributed by atoms with Crippen LogP contribution in [0.2, 0.25) is 0 Å². The van der Waals surface area contributed by atoms with E-state index < -0.39 is 0 Å². The monoisotopic (exact) mass is 342 g/mol. The summed E-state index contributed by atoms with van der Waals surface area (Å²) in [4.78, 5) is 29.5. The lowest BCUT2D eigenvalue weighted by molar-refractivity contribution is -0.141. The molecule has 2 fully saturated rings. The summed E-state index contributed by atoms with van der Waals surface area (Å²) in [5.41, 5.74) is 1.78. The summed E-state index contributed by atoms with van der Waals surface area (Å²) in [6.45, 7) is 4.87. The number of rotatable bonds is 3. The predicted molar refractivity (Wildman–Crippen MR) is 94.1 cm³/mol. The molecule has 25 heavy (non-hydrogen) atoms. The number of benzene rings is 1. The molecule has 5 nitrogen and oxygen atoms in total. The predicted octanol–water partition coefficient (Wildman–Crippen LogP) is 2.59. The smallest absolute Gasteiger partial charge is 0.255 e. The van der Waals surface area contributed by atoms with Gasteiger partial charge in [-0.15, -0.1) is 0 Å². The van der Waals surface area contributed by atoms with Gasteiger partial charge in [0.1, 0.15) is 6.04 Å². The van der Waals surface area contributed by atoms with Gasteiger partial charge in [0.2, 0.25) is 5.91 Å². The van der Waals surface area contributed by atoms with Crippen molar-refractivity contribution >= 4 is 11.8 Å². The molecular weight excluding hydrogens is 316 g/mol. The van der Waals surface area contributed by atoms with E-state index >= 15 is 0 Å². The van der Waals surface area contributed by atoms with Gasteiger partial charge >= 0.3 is 0 Å². The largest absolute Gasteiger partial charge is 0.375 e. The highest BCUT2D eigenvalue weighted by atomic mass is 16.5. The molecule has 134 valence electrons. The normalized spacial score (nSPS) is 23.2. The van der Waals surface area contributed by atoms with Gasteiger partial charge in [-0.1, -0.05) is 25.1 Å². The van der Waals surface area contributed by atoms with Crippen LogP contribution in [0.4, 0.5) is 0 Å². The van der Waals surface area contributed by atoms with Gasteiger partial charge in [0, 0.05) is 31.8 Å². The molecule has 0 aliphatic carbocycles. The third-order valence-corrected chi connectivity index (χ3v) is 6.07. The third-order valence-electron chi connectivity index (χ3n) is 6.07. The van der Waals surface area contributed by atoms with Crippen LogP contribution in [-0.2, 0) is 16.1 Å². The molecule has 0 radical (unpaired) electrons. The molecule has 1 aromatic rings. The molecule has 1 atom stereocenters. The van der Waals surface area contributed by atoms with Gasteiger partial charge in [0.05, 0.1) is 5.60 Å². The van der Waals surface area contributed by atoms with Crippen LogP contribution >= 0.6 is 0 Å². The van der Waals surface area contributed by atoms with Gasteiger partial charge in [0.15, 0.2) is 0 Å². The molecule has 3 heterocycles. The summed E-state index contributed by atoms with van der Waals surface area (Å²) in [5, 5.41) is 0. The SMILES string of the molecule is CCC(C(=O)N1CCC2(CCCO2)CC1)N1Cc2ccccc2C1=O. The summed E-state index contributed by atoms with van der Waals surface area (Å²) in [7, 11) is 0. The fourth-order valence-electron chi connectivity index (χ4n) is 4.55. The molecule has 2 amide bonds. The van der Waals surface area contributed by atoms with E-state index in [-0.39, 0.29) is 23.5 Å². The van der Waals surface area contributed by atoms with Crippen LogP contribution < -0.4 is 0 Å². The van der Waals surface area contributed by atoms with Crippen molar-refractivity contribution in [3.05, 3.63) is 35.4 Å². The topological polar surface area (TPSA) is 49.9 Å². The number of hydrogen-bond donors (Lipinski definition) is 0. The molecule has 0 N–H and O–H groups in total. The van der Waals surface area contributed by atoms with Crippen molar-refractivity contribution in [3.63, 3.8) is 0 Å². The molecule has 0 saturated carbocycles. The molecule has 1 spiro atoms. The quantitative estimate of drug-likeness (QED) is 0.848. The number of carbonyl (C=O) groups excluding carboxylic acids is 2. The highest BCUT2D eigenvalue weighted by Gasteiger charge is 2.42. The lowest BCUT2D eigenvalue weighted by atomic mass is 9.88. The molecule has 4 rings (SSSR count). The summed E-state index contributed by atoms with van der Waals surface area (Å²) in [6.07, 6.45) is 4.74. The van der Waals surface area contributed by atoms with E-state index in [1.807, 2.05) is 36.1 Å². The summed E-state index contributed by atoms with van der Waals surface area (Å²) >= 11 is 0. The Hall–Kier alpha value is -1.88. The average Bonchev–Trinajstić information content (AvgIpc) is 3.22. The summed E-state index contributed by atoms with van der Waals surface area (Å²) in [5.74, 6) is 0.0832. The zero-order valence-corrected chi connectivity index (χ0v) is 14.9. The first-order chi connectivity index (χ1) is 12.1. The average molecular weight is 342 g/mol. The second-order valence-electron chi connectivity index (χ2n) is 7.47. The second kappa shape index (κ2) is 6.45. The Morgan fingerprint density at radius 2 is 2.00 bits per heavy atom. The zero-order chi connectivity index (χ0) is 17.4. The number of amides is 2. The van der Waals surface area contributed by atoms with Crippen molar-refractivity contribution in [1.82, 2.24) is 9.80 Å². The fraction of sp³-hybridized carbons (Fsp3) is 0.600. The van der Waals surface area contributed by atoms with Gasteiger partial charge in [-0.2, -0.15) is 0 Å². The van der Waals surface area contributed by atoms with Crippen LogP contribution in [0.15, 0.2) is 24.3 Å². The van der Waals surface area contributed by atoms with Gasteiger partial charge < -0.3 is 14.5 Å². The van der Waals surface area contributed by atoms with Crippen LogP contribution in [0.5, 0.6) is 0 Å². The molecule has 0 bridgehead atoms. The maximum Gasteiger partial charge on any atom is 0.255 e. The highest BCUT2D eigenvalue weighted by Crippen LogP contribution is 2.36. The Labute approximate surface area is 148 Å². The second-order valence-corrected chi connectivity index (χ2v) is 7.47. The van der Waals surface area contributed by atoms with E-state index in [1.165, 1.54) is 0 Å². The van der Waals surface area contributed by atoms with Crippen molar-refractivity contribution in [2.24, 2.45) is 0 Å². The molecule has 1 unspecified atom stereocenters. The number of hydrogen-bond acceptors (Lipinski definition) is 3. The first kappa shape index (κ1) is 16.6. The number of carbonyl (C=O) groups is 2. The van der Waals surface area contributed by atoms with Gasteiger partial charge in [0.25, 0.3) is 5.91 Å². The number of nitrogens with zero attached hydrogens (tertiary/aromatic N) is 2. The minimum Gasteiger partial charge on any atom is -0.375 e. The lowest BCUT2D eigenvalue weighted by Crippen LogP contribution is -2.53. The molecular formula is C20H26N2O3. The third kappa shape index (κ3) is 2.84. The first-order valence-electron chi connectivity index (χ1n) is 9.45. The maximum absolute atomic E-state index is 13.1. The van der Waals surface area contributed by atoms with Gasteiger partial charge in [-0.25, -0.2) is 0 Å². The minimum atomic E-state index is -0.363. The molecule has 2 saturated heterocycles. The molecule has 5 heteroatoms. The number of fused-ring (bicyclic) bond motifs is 1. The summed E-state index contributed by atoms with van der Waals surface area (Å²) in [6, 6.07) is 7.31. The van der Waals surface area contributed by atoms with Gasteiger partial charge in [-0.05, 0) is 43.7 Å². The van der Waals surface area contributed by atoms with E-state index in [9.17, 15) is 9.59 Å². The minimum absolute atomic E-state index is 0.0107. The van der Waals surface area contributed by atoms with E-state index in [4.69, 9.17) is 4.74 Å².